The van der Waals surface area contributed by atoms with Gasteiger partial charge in [-0.05, 0) is 50.2 Å². The zero-order chi connectivity index (χ0) is 13.1. The fraction of sp³-hybridized carbons (Fsp3) is 0.643. The molecule has 0 spiro atoms. The van der Waals surface area contributed by atoms with Gasteiger partial charge in [0.1, 0.15) is 0 Å². The number of thiophene rings is 1. The van der Waals surface area contributed by atoms with Crippen molar-refractivity contribution in [1.29, 1.82) is 0 Å². The van der Waals surface area contributed by atoms with Crippen molar-refractivity contribution in [3.8, 4) is 0 Å². The average Bonchev–Trinajstić information content (AvgIpc) is 2.84. The summed E-state index contributed by atoms with van der Waals surface area (Å²) in [6.45, 7) is 4.45. The molecule has 0 aliphatic heterocycles. The van der Waals surface area contributed by atoms with E-state index in [1.54, 1.807) is 18.3 Å². The van der Waals surface area contributed by atoms with E-state index in [1.807, 2.05) is 13.0 Å². The molecule has 2 atom stereocenters. The quantitative estimate of drug-likeness (QED) is 0.860. The highest BCUT2D eigenvalue weighted by Crippen LogP contribution is 2.30. The van der Waals surface area contributed by atoms with E-state index in [1.165, 1.54) is 16.9 Å². The van der Waals surface area contributed by atoms with Crippen molar-refractivity contribution >= 4 is 17.2 Å². The molecule has 1 heterocycles. The number of hydrogen-bond donors (Lipinski definition) is 2. The van der Waals surface area contributed by atoms with E-state index in [0.717, 1.165) is 24.1 Å². The normalized spacial score (nSPS) is 17.3. The molecule has 1 aliphatic carbocycles. The Balaban J connectivity index is 1.84. The smallest absolute Gasteiger partial charge is 0.261 e. The van der Waals surface area contributed by atoms with Gasteiger partial charge in [-0.25, -0.2) is 0 Å². The molecule has 2 rings (SSSR count). The van der Waals surface area contributed by atoms with Crippen LogP contribution >= 0.6 is 11.3 Å². The van der Waals surface area contributed by atoms with Crippen LogP contribution in [0.2, 0.25) is 0 Å². The Kier molecular flexibility index (Phi) is 4.40. The molecule has 0 fully saturated rings. The predicted octanol–water partition coefficient (Wildman–Crippen LogP) is 2.37. The molecule has 2 unspecified atom stereocenters. The monoisotopic (exact) mass is 267 g/mol. The number of hydrogen-bond acceptors (Lipinski definition) is 3. The molecule has 2 N–H and O–H groups in total. The van der Waals surface area contributed by atoms with Crippen LogP contribution in [0, 0.1) is 5.92 Å². The van der Waals surface area contributed by atoms with Crippen molar-refractivity contribution in [1.82, 2.24) is 5.32 Å². The maximum Gasteiger partial charge on any atom is 0.261 e. The Morgan fingerprint density at radius 3 is 2.94 bits per heavy atom. The molecule has 1 aromatic heterocycles. The number of aliphatic hydroxyl groups excluding tert-OH is 1. The van der Waals surface area contributed by atoms with Crippen LogP contribution < -0.4 is 5.32 Å². The van der Waals surface area contributed by atoms with Crippen LogP contribution in [0.15, 0.2) is 6.07 Å². The van der Waals surface area contributed by atoms with Crippen molar-refractivity contribution in [2.75, 3.05) is 6.54 Å². The molecular weight excluding hydrogens is 246 g/mol. The minimum absolute atomic E-state index is 0.0341. The van der Waals surface area contributed by atoms with Crippen molar-refractivity contribution in [2.24, 2.45) is 5.92 Å². The maximum absolute atomic E-state index is 12.0. The fourth-order valence-electron chi connectivity index (χ4n) is 2.46. The summed E-state index contributed by atoms with van der Waals surface area (Å²) in [5, 5.41) is 12.2. The van der Waals surface area contributed by atoms with Crippen LogP contribution in [-0.2, 0) is 12.8 Å². The summed E-state index contributed by atoms with van der Waals surface area (Å²) >= 11 is 1.63. The lowest BCUT2D eigenvalue weighted by atomic mass is 10.0. The number of aryl methyl sites for hydroxylation is 2. The molecule has 1 amide bonds. The zero-order valence-electron chi connectivity index (χ0n) is 11.0. The van der Waals surface area contributed by atoms with E-state index in [2.05, 4.69) is 5.32 Å². The van der Waals surface area contributed by atoms with Crippen LogP contribution in [0.4, 0.5) is 0 Å². The lowest BCUT2D eigenvalue weighted by Crippen LogP contribution is -2.28. The van der Waals surface area contributed by atoms with Gasteiger partial charge in [-0.15, -0.1) is 11.3 Å². The summed E-state index contributed by atoms with van der Waals surface area (Å²) in [4.78, 5) is 14.2. The maximum atomic E-state index is 12.0. The van der Waals surface area contributed by atoms with Gasteiger partial charge in [0.05, 0.1) is 11.0 Å². The lowest BCUT2D eigenvalue weighted by Gasteiger charge is -2.13. The Morgan fingerprint density at radius 1 is 1.50 bits per heavy atom. The molecule has 4 heteroatoms. The van der Waals surface area contributed by atoms with Crippen molar-refractivity contribution < 1.29 is 9.90 Å². The highest BCUT2D eigenvalue weighted by Gasteiger charge is 2.18. The second-order valence-electron chi connectivity index (χ2n) is 5.31. The summed E-state index contributed by atoms with van der Waals surface area (Å²) in [6, 6.07) is 2.04. The second-order valence-corrected chi connectivity index (χ2v) is 6.45. The topological polar surface area (TPSA) is 49.3 Å². The molecule has 0 aromatic carbocycles. The third-order valence-corrected chi connectivity index (χ3v) is 4.56. The Labute approximate surface area is 112 Å². The van der Waals surface area contributed by atoms with Crippen LogP contribution in [0.3, 0.4) is 0 Å². The minimum Gasteiger partial charge on any atom is -0.393 e. The number of fused-ring (bicyclic) bond motifs is 1. The molecule has 1 aliphatic rings. The average molecular weight is 267 g/mol. The molecule has 0 radical (unpaired) electrons. The fourth-order valence-corrected chi connectivity index (χ4v) is 3.63. The third-order valence-electron chi connectivity index (χ3n) is 3.32. The van der Waals surface area contributed by atoms with E-state index in [9.17, 15) is 9.90 Å². The zero-order valence-corrected chi connectivity index (χ0v) is 11.8. The third kappa shape index (κ3) is 3.33. The largest absolute Gasteiger partial charge is 0.393 e. The molecule has 100 valence electrons. The molecule has 0 saturated heterocycles. The van der Waals surface area contributed by atoms with Gasteiger partial charge in [-0.3, -0.25) is 4.79 Å². The van der Waals surface area contributed by atoms with Gasteiger partial charge in [0.15, 0.2) is 0 Å². The first-order valence-electron chi connectivity index (χ1n) is 6.64. The number of aliphatic hydroxyl groups is 1. The van der Waals surface area contributed by atoms with Crippen LogP contribution in [0.25, 0.3) is 0 Å². The Hall–Kier alpha value is -0.870. The SMILES string of the molecule is CC(O)CC(C)CNC(=O)c1cc2c(s1)CCC2. The first-order chi connectivity index (χ1) is 8.56. The highest BCUT2D eigenvalue weighted by molar-refractivity contribution is 7.14. The first kappa shape index (κ1) is 13.6. The molecule has 0 saturated carbocycles. The predicted molar refractivity (Wildman–Crippen MR) is 74.1 cm³/mol. The van der Waals surface area contributed by atoms with Crippen LogP contribution in [0.5, 0.6) is 0 Å². The van der Waals surface area contributed by atoms with Crippen molar-refractivity contribution in [3.63, 3.8) is 0 Å². The summed E-state index contributed by atoms with van der Waals surface area (Å²) in [5.41, 5.74) is 1.36. The summed E-state index contributed by atoms with van der Waals surface area (Å²) in [5.74, 6) is 0.340. The molecule has 18 heavy (non-hydrogen) atoms. The van der Waals surface area contributed by atoms with E-state index in [4.69, 9.17) is 0 Å². The lowest BCUT2D eigenvalue weighted by molar-refractivity contribution is 0.0943. The Morgan fingerprint density at radius 2 is 2.28 bits per heavy atom. The van der Waals surface area contributed by atoms with Gasteiger partial charge in [-0.2, -0.15) is 0 Å². The molecule has 3 nitrogen and oxygen atoms in total. The number of carbonyl (C=O) groups is 1. The van der Waals surface area contributed by atoms with Crippen LogP contribution in [-0.4, -0.2) is 23.7 Å². The standard InChI is InChI=1S/C14H21NO2S/c1-9(6-10(2)16)8-15-14(17)13-7-11-4-3-5-12(11)18-13/h7,9-10,16H,3-6,8H2,1-2H3,(H,15,17). The van der Waals surface area contributed by atoms with E-state index in [-0.39, 0.29) is 12.0 Å². The number of amides is 1. The van der Waals surface area contributed by atoms with Crippen molar-refractivity contribution in [3.05, 3.63) is 21.4 Å². The minimum atomic E-state index is -0.303. The van der Waals surface area contributed by atoms with Gasteiger partial charge >= 0.3 is 0 Å². The van der Waals surface area contributed by atoms with Gasteiger partial charge in [0.2, 0.25) is 0 Å². The van der Waals surface area contributed by atoms with Gasteiger partial charge < -0.3 is 10.4 Å². The highest BCUT2D eigenvalue weighted by atomic mass is 32.1. The number of rotatable bonds is 5. The summed E-state index contributed by atoms with van der Waals surface area (Å²) in [6.07, 6.45) is 3.90. The first-order valence-corrected chi connectivity index (χ1v) is 7.45. The summed E-state index contributed by atoms with van der Waals surface area (Å²) in [7, 11) is 0. The summed E-state index contributed by atoms with van der Waals surface area (Å²) < 4.78 is 0. The number of carbonyl (C=O) groups excluding carboxylic acids is 1. The second kappa shape index (κ2) is 5.85. The molecule has 1 aromatic rings. The van der Waals surface area contributed by atoms with E-state index >= 15 is 0 Å². The van der Waals surface area contributed by atoms with E-state index < -0.39 is 0 Å². The van der Waals surface area contributed by atoms with Crippen LogP contribution in [0.1, 0.15) is 46.8 Å². The van der Waals surface area contributed by atoms with Gasteiger partial charge in [0.25, 0.3) is 5.91 Å². The van der Waals surface area contributed by atoms with Crippen molar-refractivity contribution in [2.45, 2.75) is 45.6 Å². The molecule has 0 bridgehead atoms. The van der Waals surface area contributed by atoms with Gasteiger partial charge in [-0.1, -0.05) is 6.92 Å². The molecular formula is C14H21NO2S. The van der Waals surface area contributed by atoms with E-state index in [0.29, 0.717) is 12.5 Å². The van der Waals surface area contributed by atoms with Gasteiger partial charge in [0, 0.05) is 11.4 Å². The Bertz CT molecular complexity index is 404. The number of nitrogens with one attached hydrogen (secondary N) is 1.